The van der Waals surface area contributed by atoms with Gasteiger partial charge in [-0.05, 0) is 25.7 Å². The molecule has 1 saturated carbocycles. The van der Waals surface area contributed by atoms with Crippen LogP contribution in [0.3, 0.4) is 0 Å². The Morgan fingerprint density at radius 2 is 2.23 bits per heavy atom. The van der Waals surface area contributed by atoms with Gasteiger partial charge in [0.2, 0.25) is 0 Å². The highest BCUT2D eigenvalue weighted by Crippen LogP contribution is 2.32. The third-order valence-corrected chi connectivity index (χ3v) is 2.95. The second kappa shape index (κ2) is 5.07. The van der Waals surface area contributed by atoms with Gasteiger partial charge in [-0.1, -0.05) is 13.3 Å². The predicted molar refractivity (Wildman–Crippen MR) is 54.2 cm³/mol. The van der Waals surface area contributed by atoms with Crippen LogP contribution in [0.25, 0.3) is 0 Å². The highest BCUT2D eigenvalue weighted by molar-refractivity contribution is 5.81. The van der Waals surface area contributed by atoms with Crippen LogP contribution < -0.4 is 0 Å². The second-order valence-corrected chi connectivity index (χ2v) is 3.91. The van der Waals surface area contributed by atoms with Gasteiger partial charge >= 0.3 is 0 Å². The summed E-state index contributed by atoms with van der Waals surface area (Å²) >= 11 is 0. The van der Waals surface area contributed by atoms with Crippen molar-refractivity contribution in [3.05, 3.63) is 0 Å². The van der Waals surface area contributed by atoms with E-state index in [4.69, 9.17) is 0 Å². The Morgan fingerprint density at radius 1 is 1.46 bits per heavy atom. The molecule has 0 heterocycles. The lowest BCUT2D eigenvalue weighted by Gasteiger charge is -2.12. The molecule has 0 aromatic heterocycles. The summed E-state index contributed by atoms with van der Waals surface area (Å²) in [6.45, 7) is 4.02. The van der Waals surface area contributed by atoms with E-state index in [9.17, 15) is 4.79 Å². The molecule has 0 aliphatic heterocycles. The normalized spacial score (nSPS) is 26.6. The summed E-state index contributed by atoms with van der Waals surface area (Å²) in [5.74, 6) is 7.17. The molecule has 0 bridgehead atoms. The van der Waals surface area contributed by atoms with E-state index in [0.717, 1.165) is 12.8 Å². The molecule has 1 aliphatic carbocycles. The van der Waals surface area contributed by atoms with E-state index in [0.29, 0.717) is 24.0 Å². The molecule has 0 aromatic carbocycles. The number of carbonyl (C=O) groups excluding carboxylic acids is 1. The molecule has 0 spiro atoms. The lowest BCUT2D eigenvalue weighted by Crippen LogP contribution is -2.16. The fourth-order valence-corrected chi connectivity index (χ4v) is 2.12. The standard InChI is InChI=1S/C12H18O/c1-3-4-5-9-12(13)11-8-6-7-10(11)2/h10-11H,5-9H2,1-2H3. The Kier molecular flexibility index (Phi) is 4.02. The Bertz CT molecular complexity index is 231. The van der Waals surface area contributed by atoms with Gasteiger partial charge in [0.15, 0.2) is 0 Å². The Hall–Kier alpha value is -0.770. The summed E-state index contributed by atoms with van der Waals surface area (Å²) in [5.41, 5.74) is 0. The highest BCUT2D eigenvalue weighted by atomic mass is 16.1. The maximum atomic E-state index is 11.7. The minimum atomic E-state index is 0.346. The van der Waals surface area contributed by atoms with Crippen molar-refractivity contribution >= 4 is 5.78 Å². The third-order valence-electron chi connectivity index (χ3n) is 2.95. The molecule has 1 heteroatoms. The van der Waals surface area contributed by atoms with Gasteiger partial charge in [0.05, 0.1) is 0 Å². The fraction of sp³-hybridized carbons (Fsp3) is 0.750. The zero-order valence-electron chi connectivity index (χ0n) is 8.60. The van der Waals surface area contributed by atoms with Crippen LogP contribution in [0.2, 0.25) is 0 Å². The van der Waals surface area contributed by atoms with Gasteiger partial charge in [-0.15, -0.1) is 11.8 Å². The van der Waals surface area contributed by atoms with E-state index in [-0.39, 0.29) is 0 Å². The van der Waals surface area contributed by atoms with Crippen LogP contribution in [0.15, 0.2) is 0 Å². The molecule has 0 aromatic rings. The molecule has 1 nitrogen and oxygen atoms in total. The third kappa shape index (κ3) is 2.88. The first-order valence-electron chi connectivity index (χ1n) is 5.18. The smallest absolute Gasteiger partial charge is 0.137 e. The van der Waals surface area contributed by atoms with Gasteiger partial charge in [-0.3, -0.25) is 4.79 Å². The quantitative estimate of drug-likeness (QED) is 0.607. The van der Waals surface area contributed by atoms with Gasteiger partial charge in [-0.2, -0.15) is 0 Å². The molecule has 0 radical (unpaired) electrons. The van der Waals surface area contributed by atoms with E-state index in [2.05, 4.69) is 18.8 Å². The number of ketones is 1. The first-order chi connectivity index (χ1) is 6.25. The average Bonchev–Trinajstić information content (AvgIpc) is 2.52. The van der Waals surface area contributed by atoms with Crippen molar-refractivity contribution in [1.29, 1.82) is 0 Å². The lowest BCUT2D eigenvalue weighted by molar-refractivity contribution is -0.123. The number of hydrogen-bond donors (Lipinski definition) is 0. The average molecular weight is 178 g/mol. The van der Waals surface area contributed by atoms with Crippen LogP contribution in [0.1, 0.15) is 46.0 Å². The number of carbonyl (C=O) groups is 1. The summed E-state index contributed by atoms with van der Waals surface area (Å²) in [6.07, 6.45) is 4.99. The largest absolute Gasteiger partial charge is 0.299 e. The minimum Gasteiger partial charge on any atom is -0.299 e. The number of hydrogen-bond acceptors (Lipinski definition) is 1. The molecular weight excluding hydrogens is 160 g/mol. The maximum Gasteiger partial charge on any atom is 0.137 e. The van der Waals surface area contributed by atoms with Crippen molar-refractivity contribution in [2.24, 2.45) is 11.8 Å². The van der Waals surface area contributed by atoms with Gasteiger partial charge < -0.3 is 0 Å². The van der Waals surface area contributed by atoms with Gasteiger partial charge in [0, 0.05) is 18.8 Å². The Morgan fingerprint density at radius 3 is 2.77 bits per heavy atom. The van der Waals surface area contributed by atoms with Crippen LogP contribution in [0.5, 0.6) is 0 Å². The molecule has 13 heavy (non-hydrogen) atoms. The topological polar surface area (TPSA) is 17.1 Å². The van der Waals surface area contributed by atoms with Crippen LogP contribution in [0, 0.1) is 23.7 Å². The van der Waals surface area contributed by atoms with Crippen LogP contribution >= 0.6 is 0 Å². The zero-order chi connectivity index (χ0) is 9.68. The maximum absolute atomic E-state index is 11.7. The SMILES string of the molecule is CC#CCCC(=O)C1CCCC1C. The zero-order valence-corrected chi connectivity index (χ0v) is 8.60. The Labute approximate surface area is 80.9 Å². The first kappa shape index (κ1) is 10.3. The lowest BCUT2D eigenvalue weighted by atomic mass is 9.91. The van der Waals surface area contributed by atoms with Crippen molar-refractivity contribution in [2.75, 3.05) is 0 Å². The van der Waals surface area contributed by atoms with E-state index < -0.39 is 0 Å². The van der Waals surface area contributed by atoms with E-state index >= 15 is 0 Å². The Balaban J connectivity index is 2.33. The van der Waals surface area contributed by atoms with Gasteiger partial charge in [0.25, 0.3) is 0 Å². The van der Waals surface area contributed by atoms with Crippen molar-refractivity contribution in [3.8, 4) is 11.8 Å². The molecular formula is C12H18O. The molecule has 2 unspecified atom stereocenters. The molecule has 0 amide bonds. The summed E-state index contributed by atoms with van der Waals surface area (Å²) in [4.78, 5) is 11.7. The van der Waals surface area contributed by atoms with Crippen molar-refractivity contribution < 1.29 is 4.79 Å². The number of Topliss-reactive ketones (excluding diaryl/α,β-unsaturated/α-hetero) is 1. The number of rotatable bonds is 3. The molecule has 1 fully saturated rings. The van der Waals surface area contributed by atoms with E-state index in [1.807, 2.05) is 6.92 Å². The summed E-state index contributed by atoms with van der Waals surface area (Å²) in [5, 5.41) is 0. The highest BCUT2D eigenvalue weighted by Gasteiger charge is 2.28. The molecule has 0 saturated heterocycles. The van der Waals surface area contributed by atoms with Crippen molar-refractivity contribution in [3.63, 3.8) is 0 Å². The van der Waals surface area contributed by atoms with Crippen LogP contribution in [0.4, 0.5) is 0 Å². The fourth-order valence-electron chi connectivity index (χ4n) is 2.12. The van der Waals surface area contributed by atoms with Gasteiger partial charge in [0.1, 0.15) is 5.78 Å². The first-order valence-corrected chi connectivity index (χ1v) is 5.18. The van der Waals surface area contributed by atoms with Crippen LogP contribution in [-0.4, -0.2) is 5.78 Å². The minimum absolute atomic E-state index is 0.346. The summed E-state index contributed by atoms with van der Waals surface area (Å²) in [7, 11) is 0. The van der Waals surface area contributed by atoms with Crippen molar-refractivity contribution in [2.45, 2.75) is 46.0 Å². The summed E-state index contributed by atoms with van der Waals surface area (Å²) < 4.78 is 0. The molecule has 1 rings (SSSR count). The molecule has 2 atom stereocenters. The van der Waals surface area contributed by atoms with Crippen molar-refractivity contribution in [1.82, 2.24) is 0 Å². The van der Waals surface area contributed by atoms with E-state index in [1.165, 1.54) is 12.8 Å². The summed E-state index contributed by atoms with van der Waals surface area (Å²) in [6, 6.07) is 0. The molecule has 0 N–H and O–H groups in total. The van der Waals surface area contributed by atoms with Gasteiger partial charge in [-0.25, -0.2) is 0 Å². The second-order valence-electron chi connectivity index (χ2n) is 3.91. The molecule has 72 valence electrons. The predicted octanol–water partition coefficient (Wildman–Crippen LogP) is 2.80. The van der Waals surface area contributed by atoms with Crippen LogP contribution in [-0.2, 0) is 4.79 Å². The molecule has 1 aliphatic rings. The monoisotopic (exact) mass is 178 g/mol. The van der Waals surface area contributed by atoms with E-state index in [1.54, 1.807) is 0 Å².